The third-order valence-corrected chi connectivity index (χ3v) is 3.23. The van der Waals surface area contributed by atoms with Gasteiger partial charge in [-0.25, -0.2) is 9.37 Å². The van der Waals surface area contributed by atoms with Crippen molar-refractivity contribution < 1.29 is 4.39 Å². The largest absolute Gasteiger partial charge is 0.401 e. The van der Waals surface area contributed by atoms with E-state index in [1.54, 1.807) is 24.4 Å². The van der Waals surface area contributed by atoms with Gasteiger partial charge in [-0.15, -0.1) is 11.3 Å². The standard InChI is InChI=1S/C13H10FN3S/c1-8(16)11(6-15)12-7-18-13(17-12)9-3-2-4-10(14)5-9/h2-5,7H,16H2,1H3/b11-8+. The van der Waals surface area contributed by atoms with Gasteiger partial charge in [0.05, 0.1) is 11.3 Å². The van der Waals surface area contributed by atoms with Crippen molar-refractivity contribution in [1.82, 2.24) is 4.98 Å². The Hall–Kier alpha value is -2.19. The Bertz CT molecular complexity index is 648. The highest BCUT2D eigenvalue weighted by Crippen LogP contribution is 2.27. The van der Waals surface area contributed by atoms with Crippen molar-refractivity contribution in [3.05, 3.63) is 46.9 Å². The predicted octanol–water partition coefficient (Wildman–Crippen LogP) is 3.16. The molecule has 1 aromatic heterocycles. The van der Waals surface area contributed by atoms with Crippen molar-refractivity contribution in [2.75, 3.05) is 0 Å². The van der Waals surface area contributed by atoms with Gasteiger partial charge >= 0.3 is 0 Å². The van der Waals surface area contributed by atoms with E-state index >= 15 is 0 Å². The van der Waals surface area contributed by atoms with E-state index < -0.39 is 0 Å². The number of thiazole rings is 1. The Morgan fingerprint density at radius 3 is 2.89 bits per heavy atom. The molecule has 18 heavy (non-hydrogen) atoms. The summed E-state index contributed by atoms with van der Waals surface area (Å²) in [6, 6.07) is 8.21. The zero-order valence-corrected chi connectivity index (χ0v) is 10.5. The highest BCUT2D eigenvalue weighted by molar-refractivity contribution is 7.13. The quantitative estimate of drug-likeness (QED) is 0.842. The van der Waals surface area contributed by atoms with Crippen LogP contribution in [0.3, 0.4) is 0 Å². The van der Waals surface area contributed by atoms with E-state index in [0.717, 1.165) is 0 Å². The second-order valence-electron chi connectivity index (χ2n) is 3.72. The van der Waals surface area contributed by atoms with Crippen molar-refractivity contribution in [3.63, 3.8) is 0 Å². The minimum atomic E-state index is -0.310. The van der Waals surface area contributed by atoms with Crippen LogP contribution in [0, 0.1) is 17.1 Å². The molecule has 0 radical (unpaired) electrons. The van der Waals surface area contributed by atoms with Crippen LogP contribution >= 0.6 is 11.3 Å². The van der Waals surface area contributed by atoms with Crippen LogP contribution in [0.1, 0.15) is 12.6 Å². The van der Waals surface area contributed by atoms with Gasteiger partial charge in [-0.1, -0.05) is 12.1 Å². The van der Waals surface area contributed by atoms with Crippen molar-refractivity contribution >= 4 is 16.9 Å². The first-order valence-electron chi connectivity index (χ1n) is 5.20. The first-order valence-corrected chi connectivity index (χ1v) is 6.08. The maximum absolute atomic E-state index is 13.1. The molecule has 0 aliphatic carbocycles. The molecule has 0 saturated heterocycles. The summed E-state index contributed by atoms with van der Waals surface area (Å²) in [5.41, 5.74) is 7.62. The third-order valence-electron chi connectivity index (χ3n) is 2.34. The molecule has 2 N–H and O–H groups in total. The minimum Gasteiger partial charge on any atom is -0.401 e. The van der Waals surface area contributed by atoms with E-state index in [-0.39, 0.29) is 5.82 Å². The van der Waals surface area contributed by atoms with E-state index in [1.165, 1.54) is 23.5 Å². The first kappa shape index (κ1) is 12.3. The molecule has 0 spiro atoms. The number of nitrogens with zero attached hydrogens (tertiary/aromatic N) is 2. The molecule has 0 aliphatic heterocycles. The summed E-state index contributed by atoms with van der Waals surface area (Å²) in [5, 5.41) is 11.4. The summed E-state index contributed by atoms with van der Waals surface area (Å²) in [6.45, 7) is 1.65. The van der Waals surface area contributed by atoms with Crippen LogP contribution in [0.4, 0.5) is 4.39 Å². The fourth-order valence-corrected chi connectivity index (χ4v) is 2.30. The number of hydrogen-bond acceptors (Lipinski definition) is 4. The smallest absolute Gasteiger partial charge is 0.124 e. The molecule has 1 heterocycles. The highest BCUT2D eigenvalue weighted by Gasteiger charge is 2.10. The molecule has 2 aromatic rings. The molecule has 3 nitrogen and oxygen atoms in total. The molecule has 0 fully saturated rings. The second-order valence-corrected chi connectivity index (χ2v) is 4.58. The van der Waals surface area contributed by atoms with Crippen LogP contribution in [0.25, 0.3) is 16.1 Å². The van der Waals surface area contributed by atoms with Gasteiger partial charge in [-0.2, -0.15) is 5.26 Å². The van der Waals surface area contributed by atoms with Gasteiger partial charge in [0.2, 0.25) is 0 Å². The number of nitrogens with two attached hydrogens (primary N) is 1. The number of aromatic nitrogens is 1. The van der Waals surface area contributed by atoms with E-state index in [2.05, 4.69) is 4.98 Å². The lowest BCUT2D eigenvalue weighted by molar-refractivity contribution is 0.628. The SMILES string of the molecule is C/C(N)=C(/C#N)c1csc(-c2cccc(F)c2)n1. The Labute approximate surface area is 108 Å². The number of allylic oxidation sites excluding steroid dienone is 2. The number of benzene rings is 1. The Balaban J connectivity index is 2.44. The van der Waals surface area contributed by atoms with Crippen LogP contribution in [0.2, 0.25) is 0 Å². The monoisotopic (exact) mass is 259 g/mol. The van der Waals surface area contributed by atoms with Crippen molar-refractivity contribution in [2.45, 2.75) is 6.92 Å². The van der Waals surface area contributed by atoms with Crippen LogP contribution in [0.5, 0.6) is 0 Å². The molecule has 2 rings (SSSR count). The molecule has 0 bridgehead atoms. The second kappa shape index (κ2) is 4.98. The van der Waals surface area contributed by atoms with Crippen molar-refractivity contribution in [1.29, 1.82) is 5.26 Å². The van der Waals surface area contributed by atoms with Crippen LogP contribution in [-0.2, 0) is 0 Å². The first-order chi connectivity index (χ1) is 8.61. The van der Waals surface area contributed by atoms with E-state index in [0.29, 0.717) is 27.5 Å². The maximum Gasteiger partial charge on any atom is 0.124 e. The molecule has 5 heteroatoms. The summed E-state index contributed by atoms with van der Waals surface area (Å²) < 4.78 is 13.1. The number of halogens is 1. The zero-order chi connectivity index (χ0) is 13.1. The predicted molar refractivity (Wildman–Crippen MR) is 69.9 cm³/mol. The summed E-state index contributed by atoms with van der Waals surface area (Å²) in [6.07, 6.45) is 0. The third kappa shape index (κ3) is 2.39. The molecule has 0 atom stereocenters. The molecule has 90 valence electrons. The van der Waals surface area contributed by atoms with Crippen LogP contribution < -0.4 is 5.73 Å². The lowest BCUT2D eigenvalue weighted by Gasteiger charge is -1.97. The minimum absolute atomic E-state index is 0.310. The Morgan fingerprint density at radius 1 is 1.50 bits per heavy atom. The average molecular weight is 259 g/mol. The van der Waals surface area contributed by atoms with Crippen LogP contribution in [0.15, 0.2) is 35.3 Å². The summed E-state index contributed by atoms with van der Waals surface area (Å²) in [4.78, 5) is 4.31. The topological polar surface area (TPSA) is 62.7 Å². The highest BCUT2D eigenvalue weighted by atomic mass is 32.1. The van der Waals surface area contributed by atoms with Crippen molar-refractivity contribution in [2.24, 2.45) is 5.73 Å². The molecular formula is C13H10FN3S. The van der Waals surface area contributed by atoms with Crippen molar-refractivity contribution in [3.8, 4) is 16.6 Å². The van der Waals surface area contributed by atoms with E-state index in [4.69, 9.17) is 11.0 Å². The molecule has 1 aromatic carbocycles. The van der Waals surface area contributed by atoms with Crippen LogP contribution in [-0.4, -0.2) is 4.98 Å². The van der Waals surface area contributed by atoms with Gasteiger partial charge in [0, 0.05) is 16.6 Å². The molecule has 0 amide bonds. The molecule has 0 unspecified atom stereocenters. The van der Waals surface area contributed by atoms with Gasteiger partial charge in [0.15, 0.2) is 0 Å². The van der Waals surface area contributed by atoms with Gasteiger partial charge < -0.3 is 5.73 Å². The zero-order valence-electron chi connectivity index (χ0n) is 9.64. The fraction of sp³-hybridized carbons (Fsp3) is 0.0769. The van der Waals surface area contributed by atoms with E-state index in [1.807, 2.05) is 6.07 Å². The normalized spacial score (nSPS) is 11.8. The van der Waals surface area contributed by atoms with Gasteiger partial charge in [-0.05, 0) is 19.1 Å². The van der Waals surface area contributed by atoms with E-state index in [9.17, 15) is 4.39 Å². The number of nitriles is 1. The Kier molecular flexibility index (Phi) is 3.40. The van der Waals surface area contributed by atoms with Gasteiger partial charge in [0.1, 0.15) is 16.9 Å². The summed E-state index contributed by atoms with van der Waals surface area (Å²) in [7, 11) is 0. The molecular weight excluding hydrogens is 249 g/mol. The molecule has 0 aliphatic rings. The fourth-order valence-electron chi connectivity index (χ4n) is 1.49. The number of hydrogen-bond donors (Lipinski definition) is 1. The maximum atomic E-state index is 13.1. The number of rotatable bonds is 2. The lowest BCUT2D eigenvalue weighted by atomic mass is 10.2. The Morgan fingerprint density at radius 2 is 2.28 bits per heavy atom. The molecule has 0 saturated carbocycles. The summed E-state index contributed by atoms with van der Waals surface area (Å²) in [5.74, 6) is -0.310. The summed E-state index contributed by atoms with van der Waals surface area (Å²) >= 11 is 1.35. The van der Waals surface area contributed by atoms with Gasteiger partial charge in [0.25, 0.3) is 0 Å². The average Bonchev–Trinajstić information content (AvgIpc) is 2.79. The lowest BCUT2D eigenvalue weighted by Crippen LogP contribution is -1.96. The van der Waals surface area contributed by atoms with Gasteiger partial charge in [-0.3, -0.25) is 0 Å².